The van der Waals surface area contributed by atoms with E-state index in [1.807, 2.05) is 6.07 Å². The van der Waals surface area contributed by atoms with Gasteiger partial charge in [-0.25, -0.2) is 9.59 Å². The third kappa shape index (κ3) is 9.69. The number of hydrogen-bond donors (Lipinski definition) is 3. The van der Waals surface area contributed by atoms with Crippen molar-refractivity contribution in [1.29, 1.82) is 0 Å². The van der Waals surface area contributed by atoms with E-state index in [1.165, 1.54) is 12.8 Å². The number of nitrogens with one attached hydrogen (secondary N) is 1. The van der Waals surface area contributed by atoms with Gasteiger partial charge in [-0.05, 0) is 44.0 Å². The number of carboxylic acids is 2. The molecule has 7 nitrogen and oxygen atoms in total. The molecule has 1 fully saturated rings. The summed E-state index contributed by atoms with van der Waals surface area (Å²) in [5.41, 5.74) is 0. The van der Waals surface area contributed by atoms with Gasteiger partial charge in [0.2, 0.25) is 0 Å². The summed E-state index contributed by atoms with van der Waals surface area (Å²) in [6, 6.07) is 4.77. The minimum atomic E-state index is -1.26. The predicted molar refractivity (Wildman–Crippen MR) is 94.3 cm³/mol. The first-order valence-corrected chi connectivity index (χ1v) is 8.49. The molecule has 3 N–H and O–H groups in total. The monoisotopic (exact) mass is 352 g/mol. The summed E-state index contributed by atoms with van der Waals surface area (Å²) in [5, 5.41) is 19.1. The summed E-state index contributed by atoms with van der Waals surface area (Å²) in [6.07, 6.45) is 5.40. The molecule has 1 aromatic rings. The number of rotatable bonds is 7. The summed E-state index contributed by atoms with van der Waals surface area (Å²) in [5.74, 6) is -0.719. The summed E-state index contributed by atoms with van der Waals surface area (Å²) in [6.45, 7) is 8.99. The van der Waals surface area contributed by atoms with Crippen LogP contribution < -0.4 is 5.32 Å². The molecule has 0 radical (unpaired) electrons. The molecule has 0 spiro atoms. The van der Waals surface area contributed by atoms with Gasteiger partial charge in [-0.2, -0.15) is 0 Å². The first kappa shape index (κ1) is 20.9. The molecule has 1 aliphatic rings. The van der Waals surface area contributed by atoms with Crippen molar-refractivity contribution < 1.29 is 24.2 Å². The number of piperidine rings is 1. The molecule has 2 heterocycles. The summed E-state index contributed by atoms with van der Waals surface area (Å²) in [4.78, 5) is 21.7. The van der Waals surface area contributed by atoms with Gasteiger partial charge in [0.1, 0.15) is 5.76 Å². The molecule has 0 saturated carbocycles. The van der Waals surface area contributed by atoms with Crippen LogP contribution in [-0.2, 0) is 16.1 Å². The second-order valence-corrected chi connectivity index (χ2v) is 6.39. The molecular weight excluding hydrogens is 324 g/mol. The molecular formula is C18H28N2O5. The second-order valence-electron chi connectivity index (χ2n) is 6.39. The average Bonchev–Trinajstić information content (AvgIpc) is 3.06. The minimum Gasteiger partial charge on any atom is -0.478 e. The Kier molecular flexibility index (Phi) is 9.57. The SMILES string of the molecule is CC(C)CN(Cc1ccco1)C1CCNCC1.O=C(O)C=CC(=O)O. The number of nitrogens with zero attached hydrogens (tertiary/aromatic N) is 1. The minimum absolute atomic E-state index is 0.558. The zero-order valence-corrected chi connectivity index (χ0v) is 14.9. The van der Waals surface area contributed by atoms with Crippen LogP contribution in [-0.4, -0.2) is 52.7 Å². The van der Waals surface area contributed by atoms with Gasteiger partial charge in [0.25, 0.3) is 0 Å². The van der Waals surface area contributed by atoms with Crippen LogP contribution in [0.1, 0.15) is 32.4 Å². The Bertz CT molecular complexity index is 518. The van der Waals surface area contributed by atoms with Crippen LogP contribution in [0.3, 0.4) is 0 Å². The highest BCUT2D eigenvalue weighted by atomic mass is 16.4. The predicted octanol–water partition coefficient (Wildman–Crippen LogP) is 2.20. The number of carbonyl (C=O) groups is 2. The summed E-state index contributed by atoms with van der Waals surface area (Å²) < 4.78 is 5.48. The van der Waals surface area contributed by atoms with Crippen LogP contribution in [0.15, 0.2) is 35.0 Å². The molecule has 2 rings (SSSR count). The highest BCUT2D eigenvalue weighted by molar-refractivity contribution is 5.89. The van der Waals surface area contributed by atoms with Crippen LogP contribution in [0.25, 0.3) is 0 Å². The van der Waals surface area contributed by atoms with E-state index in [0.29, 0.717) is 24.1 Å². The Balaban J connectivity index is 0.000000333. The quantitative estimate of drug-likeness (QED) is 0.646. The third-order valence-electron chi connectivity index (χ3n) is 3.73. The molecule has 0 bridgehead atoms. The van der Waals surface area contributed by atoms with Gasteiger partial charge in [0.15, 0.2) is 0 Å². The van der Waals surface area contributed by atoms with Crippen molar-refractivity contribution in [2.24, 2.45) is 5.92 Å². The van der Waals surface area contributed by atoms with Crippen molar-refractivity contribution in [3.05, 3.63) is 36.3 Å². The standard InChI is InChI=1S/C14H24N2O.C4H4O4/c1-12(2)10-16(11-14-4-3-9-17-14)13-5-7-15-8-6-13;5-3(6)1-2-4(7)8/h3-4,9,12-13,15H,5-8,10-11H2,1-2H3;1-2H,(H,5,6)(H,7,8). The van der Waals surface area contributed by atoms with Gasteiger partial charge in [0.05, 0.1) is 12.8 Å². The molecule has 0 unspecified atom stereocenters. The van der Waals surface area contributed by atoms with E-state index in [4.69, 9.17) is 14.6 Å². The fourth-order valence-electron chi connectivity index (χ4n) is 2.73. The Morgan fingerprint density at radius 3 is 2.32 bits per heavy atom. The Morgan fingerprint density at radius 2 is 1.88 bits per heavy atom. The third-order valence-corrected chi connectivity index (χ3v) is 3.73. The van der Waals surface area contributed by atoms with Gasteiger partial charge < -0.3 is 19.9 Å². The molecule has 0 aromatic carbocycles. The zero-order valence-electron chi connectivity index (χ0n) is 14.9. The van der Waals surface area contributed by atoms with Crippen molar-refractivity contribution in [2.75, 3.05) is 19.6 Å². The molecule has 0 aliphatic carbocycles. The number of furan rings is 1. The van der Waals surface area contributed by atoms with Gasteiger partial charge in [0, 0.05) is 24.7 Å². The molecule has 1 aliphatic heterocycles. The molecule has 140 valence electrons. The van der Waals surface area contributed by atoms with Gasteiger partial charge in [-0.1, -0.05) is 13.8 Å². The maximum absolute atomic E-state index is 9.55. The Labute approximate surface area is 148 Å². The molecule has 0 atom stereocenters. The maximum atomic E-state index is 9.55. The van der Waals surface area contributed by atoms with Crippen molar-refractivity contribution >= 4 is 11.9 Å². The topological polar surface area (TPSA) is 103 Å². The van der Waals surface area contributed by atoms with Gasteiger partial charge in [-0.3, -0.25) is 4.90 Å². The van der Waals surface area contributed by atoms with Crippen LogP contribution in [0.4, 0.5) is 0 Å². The second kappa shape index (κ2) is 11.4. The summed E-state index contributed by atoms with van der Waals surface area (Å²) in [7, 11) is 0. The van der Waals surface area contributed by atoms with Crippen molar-refractivity contribution in [3.63, 3.8) is 0 Å². The molecule has 0 amide bonds. The number of aliphatic carboxylic acids is 2. The highest BCUT2D eigenvalue weighted by Gasteiger charge is 2.22. The molecule has 1 aromatic heterocycles. The van der Waals surface area contributed by atoms with Gasteiger partial charge >= 0.3 is 11.9 Å². The van der Waals surface area contributed by atoms with Crippen LogP contribution in [0.2, 0.25) is 0 Å². The zero-order chi connectivity index (χ0) is 18.7. The average molecular weight is 352 g/mol. The fraction of sp³-hybridized carbons (Fsp3) is 0.556. The lowest BCUT2D eigenvalue weighted by Crippen LogP contribution is -2.44. The first-order valence-electron chi connectivity index (χ1n) is 8.49. The molecule has 1 saturated heterocycles. The summed E-state index contributed by atoms with van der Waals surface area (Å²) >= 11 is 0. The Morgan fingerprint density at radius 1 is 1.28 bits per heavy atom. The van der Waals surface area contributed by atoms with Crippen LogP contribution in [0, 0.1) is 5.92 Å². The lowest BCUT2D eigenvalue weighted by Gasteiger charge is -2.35. The van der Waals surface area contributed by atoms with E-state index in [2.05, 4.69) is 30.1 Å². The maximum Gasteiger partial charge on any atom is 0.328 e. The van der Waals surface area contributed by atoms with Crippen molar-refractivity contribution in [1.82, 2.24) is 10.2 Å². The number of carboxylic acid groups (broad SMARTS) is 2. The highest BCUT2D eigenvalue weighted by Crippen LogP contribution is 2.17. The van der Waals surface area contributed by atoms with Gasteiger partial charge in [-0.15, -0.1) is 0 Å². The van der Waals surface area contributed by atoms with Crippen LogP contribution in [0.5, 0.6) is 0 Å². The Hall–Kier alpha value is -2.12. The largest absolute Gasteiger partial charge is 0.478 e. The first-order chi connectivity index (χ1) is 11.9. The van der Waals surface area contributed by atoms with E-state index in [-0.39, 0.29) is 0 Å². The lowest BCUT2D eigenvalue weighted by molar-refractivity contribution is -0.134. The smallest absolute Gasteiger partial charge is 0.328 e. The normalized spacial score (nSPS) is 15.4. The van der Waals surface area contributed by atoms with E-state index in [9.17, 15) is 9.59 Å². The molecule has 7 heteroatoms. The van der Waals surface area contributed by atoms with Crippen molar-refractivity contribution in [2.45, 2.75) is 39.3 Å². The van der Waals surface area contributed by atoms with E-state index >= 15 is 0 Å². The van der Waals surface area contributed by atoms with E-state index < -0.39 is 11.9 Å². The van der Waals surface area contributed by atoms with E-state index in [1.54, 1.807) is 6.26 Å². The van der Waals surface area contributed by atoms with Crippen molar-refractivity contribution in [3.8, 4) is 0 Å². The fourth-order valence-corrected chi connectivity index (χ4v) is 2.73. The van der Waals surface area contributed by atoms with E-state index in [0.717, 1.165) is 31.9 Å². The lowest BCUT2D eigenvalue weighted by atomic mass is 10.0. The van der Waals surface area contributed by atoms with Crippen LogP contribution >= 0.6 is 0 Å². The number of hydrogen-bond acceptors (Lipinski definition) is 5. The molecule has 25 heavy (non-hydrogen) atoms.